The molecule has 112 valence electrons. The Bertz CT molecular complexity index is 536. The van der Waals surface area contributed by atoms with Crippen molar-refractivity contribution >= 4 is 17.5 Å². The zero-order valence-corrected chi connectivity index (χ0v) is 12.2. The highest BCUT2D eigenvalue weighted by Gasteiger charge is 2.16. The van der Waals surface area contributed by atoms with Gasteiger partial charge in [-0.15, -0.1) is 0 Å². The van der Waals surface area contributed by atoms with E-state index in [1.165, 1.54) is 37.7 Å². The molecular formula is C17H20O4. The first-order valence-electron chi connectivity index (χ1n) is 7.25. The van der Waals surface area contributed by atoms with Crippen molar-refractivity contribution in [2.45, 2.75) is 38.0 Å². The summed E-state index contributed by atoms with van der Waals surface area (Å²) < 4.78 is 4.30. The Hall–Kier alpha value is -2.10. The second kappa shape index (κ2) is 7.07. The predicted molar refractivity (Wildman–Crippen MR) is 79.9 cm³/mol. The smallest absolute Gasteiger partial charge is 0.378 e. The SMILES string of the molecule is COC(=O)C(=O)C=C(O)c1ccc(C2CCCCC2)cc1. The number of hydrogen-bond acceptors (Lipinski definition) is 4. The topological polar surface area (TPSA) is 63.6 Å². The maximum absolute atomic E-state index is 11.4. The summed E-state index contributed by atoms with van der Waals surface area (Å²) in [5, 5.41) is 9.87. The second-order valence-electron chi connectivity index (χ2n) is 5.34. The molecule has 1 aliphatic rings. The van der Waals surface area contributed by atoms with Gasteiger partial charge in [-0.05, 0) is 24.3 Å². The molecule has 1 aromatic rings. The molecular weight excluding hydrogens is 268 g/mol. The van der Waals surface area contributed by atoms with Crippen molar-refractivity contribution in [3.8, 4) is 0 Å². The molecule has 1 aliphatic carbocycles. The van der Waals surface area contributed by atoms with Gasteiger partial charge in [0.2, 0.25) is 0 Å². The third-order valence-electron chi connectivity index (χ3n) is 3.94. The van der Waals surface area contributed by atoms with Crippen LogP contribution < -0.4 is 0 Å². The molecule has 1 fully saturated rings. The van der Waals surface area contributed by atoms with Crippen molar-refractivity contribution in [2.75, 3.05) is 7.11 Å². The summed E-state index contributed by atoms with van der Waals surface area (Å²) in [5.74, 6) is -1.48. The average Bonchev–Trinajstić information content (AvgIpc) is 2.55. The second-order valence-corrected chi connectivity index (χ2v) is 5.34. The summed E-state index contributed by atoms with van der Waals surface area (Å²) in [4.78, 5) is 22.4. The summed E-state index contributed by atoms with van der Waals surface area (Å²) in [7, 11) is 1.13. The van der Waals surface area contributed by atoms with Crippen molar-refractivity contribution in [3.05, 3.63) is 41.5 Å². The van der Waals surface area contributed by atoms with Gasteiger partial charge in [0.1, 0.15) is 5.76 Å². The third kappa shape index (κ3) is 3.94. The quantitative estimate of drug-likeness (QED) is 0.399. The molecule has 0 heterocycles. The molecule has 1 saturated carbocycles. The zero-order chi connectivity index (χ0) is 15.2. The number of methoxy groups -OCH3 is 1. The Balaban J connectivity index is 2.09. The summed E-state index contributed by atoms with van der Waals surface area (Å²) >= 11 is 0. The molecule has 0 radical (unpaired) electrons. The fourth-order valence-corrected chi connectivity index (χ4v) is 2.73. The molecule has 0 saturated heterocycles. The Kier molecular flexibility index (Phi) is 5.14. The van der Waals surface area contributed by atoms with E-state index in [-0.39, 0.29) is 5.76 Å². The van der Waals surface area contributed by atoms with Crippen LogP contribution in [0.4, 0.5) is 0 Å². The first-order valence-corrected chi connectivity index (χ1v) is 7.25. The van der Waals surface area contributed by atoms with Crippen molar-refractivity contribution < 1.29 is 19.4 Å². The lowest BCUT2D eigenvalue weighted by Gasteiger charge is -2.22. The van der Waals surface area contributed by atoms with E-state index in [9.17, 15) is 14.7 Å². The molecule has 4 nitrogen and oxygen atoms in total. The summed E-state index contributed by atoms with van der Waals surface area (Å²) in [6, 6.07) is 7.52. The number of ether oxygens (including phenoxy) is 1. The molecule has 21 heavy (non-hydrogen) atoms. The summed E-state index contributed by atoms with van der Waals surface area (Å²) in [5.41, 5.74) is 1.79. The van der Waals surface area contributed by atoms with Crippen LogP contribution in [0.5, 0.6) is 0 Å². The Morgan fingerprint density at radius 2 is 1.76 bits per heavy atom. The number of aliphatic hydroxyl groups excluding tert-OH is 1. The van der Waals surface area contributed by atoms with Crippen LogP contribution in [-0.4, -0.2) is 24.0 Å². The number of esters is 1. The van der Waals surface area contributed by atoms with Crippen molar-refractivity contribution in [3.63, 3.8) is 0 Å². The van der Waals surface area contributed by atoms with Gasteiger partial charge in [-0.1, -0.05) is 43.5 Å². The highest BCUT2D eigenvalue weighted by molar-refractivity contribution is 6.39. The van der Waals surface area contributed by atoms with Crippen LogP contribution in [0.3, 0.4) is 0 Å². The molecule has 0 spiro atoms. The van der Waals surface area contributed by atoms with Gasteiger partial charge in [-0.2, -0.15) is 0 Å². The monoisotopic (exact) mass is 288 g/mol. The van der Waals surface area contributed by atoms with E-state index in [0.717, 1.165) is 13.2 Å². The highest BCUT2D eigenvalue weighted by Crippen LogP contribution is 2.32. The van der Waals surface area contributed by atoms with Crippen LogP contribution in [0, 0.1) is 0 Å². The third-order valence-corrected chi connectivity index (χ3v) is 3.94. The minimum Gasteiger partial charge on any atom is -0.507 e. The molecule has 1 aromatic carbocycles. The molecule has 0 aromatic heterocycles. The van der Waals surface area contributed by atoms with Gasteiger partial charge in [0.05, 0.1) is 7.11 Å². The van der Waals surface area contributed by atoms with Crippen LogP contribution in [0.1, 0.15) is 49.1 Å². The van der Waals surface area contributed by atoms with Gasteiger partial charge < -0.3 is 9.84 Å². The first-order chi connectivity index (χ1) is 10.1. The molecule has 2 rings (SSSR count). The highest BCUT2D eigenvalue weighted by atomic mass is 16.5. The van der Waals surface area contributed by atoms with Crippen molar-refractivity contribution in [2.24, 2.45) is 0 Å². The van der Waals surface area contributed by atoms with E-state index >= 15 is 0 Å². The Morgan fingerprint density at radius 1 is 1.14 bits per heavy atom. The lowest BCUT2D eigenvalue weighted by atomic mass is 9.84. The minimum atomic E-state index is -0.986. The lowest BCUT2D eigenvalue weighted by Crippen LogP contribution is -2.13. The van der Waals surface area contributed by atoms with Crippen LogP contribution in [-0.2, 0) is 14.3 Å². The van der Waals surface area contributed by atoms with E-state index in [2.05, 4.69) is 4.74 Å². The maximum atomic E-state index is 11.4. The lowest BCUT2D eigenvalue weighted by molar-refractivity contribution is -0.149. The molecule has 0 aliphatic heterocycles. The number of rotatable bonds is 4. The first kappa shape index (κ1) is 15.3. The fourth-order valence-electron chi connectivity index (χ4n) is 2.73. The standard InChI is InChI=1S/C17H20O4/c1-21-17(20)16(19)11-15(18)14-9-7-13(8-10-14)12-5-3-2-4-6-12/h7-12,18H,2-6H2,1H3. The van der Waals surface area contributed by atoms with E-state index < -0.39 is 11.8 Å². The van der Waals surface area contributed by atoms with Gasteiger partial charge >= 0.3 is 5.97 Å². The molecule has 0 bridgehead atoms. The van der Waals surface area contributed by atoms with Crippen LogP contribution in [0.2, 0.25) is 0 Å². The van der Waals surface area contributed by atoms with Crippen LogP contribution in [0.15, 0.2) is 30.3 Å². The van der Waals surface area contributed by atoms with Crippen molar-refractivity contribution in [1.29, 1.82) is 0 Å². The average molecular weight is 288 g/mol. The fraction of sp³-hybridized carbons (Fsp3) is 0.412. The Labute approximate surface area is 124 Å². The van der Waals surface area contributed by atoms with E-state index in [1.54, 1.807) is 12.1 Å². The van der Waals surface area contributed by atoms with Gasteiger partial charge in [0, 0.05) is 11.6 Å². The molecule has 4 heteroatoms. The molecule has 0 amide bonds. The number of carbonyl (C=O) groups excluding carboxylic acids is 2. The van der Waals surface area contributed by atoms with E-state index in [4.69, 9.17) is 0 Å². The molecule has 1 N–H and O–H groups in total. The predicted octanol–water partition coefficient (Wildman–Crippen LogP) is 3.38. The van der Waals surface area contributed by atoms with E-state index in [0.29, 0.717) is 11.5 Å². The number of benzene rings is 1. The van der Waals surface area contributed by atoms with Gasteiger partial charge in [-0.25, -0.2) is 4.79 Å². The summed E-state index contributed by atoms with van der Waals surface area (Å²) in [6.45, 7) is 0. The number of hydrogen-bond donors (Lipinski definition) is 1. The molecule has 0 atom stereocenters. The van der Waals surface area contributed by atoms with Gasteiger partial charge in [-0.3, -0.25) is 4.79 Å². The summed E-state index contributed by atoms with van der Waals surface area (Å²) in [6.07, 6.45) is 7.16. The maximum Gasteiger partial charge on any atom is 0.378 e. The number of ketones is 1. The van der Waals surface area contributed by atoms with Gasteiger partial charge in [0.15, 0.2) is 0 Å². The van der Waals surface area contributed by atoms with Crippen LogP contribution in [0.25, 0.3) is 5.76 Å². The Morgan fingerprint density at radius 3 is 2.33 bits per heavy atom. The largest absolute Gasteiger partial charge is 0.507 e. The zero-order valence-electron chi connectivity index (χ0n) is 12.2. The van der Waals surface area contributed by atoms with E-state index in [1.807, 2.05) is 12.1 Å². The number of carbonyl (C=O) groups is 2. The van der Waals surface area contributed by atoms with Crippen LogP contribution >= 0.6 is 0 Å². The van der Waals surface area contributed by atoms with Gasteiger partial charge in [0.25, 0.3) is 5.78 Å². The minimum absolute atomic E-state index is 0.222. The van der Waals surface area contributed by atoms with Crippen molar-refractivity contribution in [1.82, 2.24) is 0 Å². The normalized spacial score (nSPS) is 16.5. The molecule has 0 unspecified atom stereocenters. The number of aliphatic hydroxyl groups is 1.